The predicted molar refractivity (Wildman–Crippen MR) is 60.8 cm³/mol. The summed E-state index contributed by atoms with van der Waals surface area (Å²) in [6.45, 7) is 0.956. The molecule has 0 atom stereocenters. The molecule has 1 aromatic carbocycles. The van der Waals surface area contributed by atoms with Crippen molar-refractivity contribution < 1.29 is 27.9 Å². The van der Waals surface area contributed by atoms with Crippen LogP contribution in [0, 0.1) is 0 Å². The molecule has 19 heavy (non-hydrogen) atoms. The van der Waals surface area contributed by atoms with E-state index in [0.29, 0.717) is 5.56 Å². The number of nitrogens with two attached hydrogens (primary N) is 1. The van der Waals surface area contributed by atoms with E-state index in [1.807, 2.05) is 12.1 Å². The minimum atomic E-state index is -5.08. The fraction of sp³-hybridized carbons (Fsp3) is 0.273. The smallest absolute Gasteiger partial charge is 0.475 e. The zero-order chi connectivity index (χ0) is 14.6. The van der Waals surface area contributed by atoms with Crippen molar-refractivity contribution in [1.29, 1.82) is 0 Å². The van der Waals surface area contributed by atoms with Gasteiger partial charge in [0.25, 0.3) is 0 Å². The van der Waals surface area contributed by atoms with Gasteiger partial charge in [-0.2, -0.15) is 13.2 Å². The van der Waals surface area contributed by atoms with Crippen LogP contribution in [0.15, 0.2) is 18.2 Å². The number of benzene rings is 1. The second kappa shape index (κ2) is 5.59. The van der Waals surface area contributed by atoms with Gasteiger partial charge in [0.15, 0.2) is 0 Å². The van der Waals surface area contributed by atoms with E-state index in [-0.39, 0.29) is 5.91 Å². The van der Waals surface area contributed by atoms with Crippen LogP contribution in [0.4, 0.5) is 18.9 Å². The molecule has 0 saturated heterocycles. The molecule has 1 aromatic rings. The van der Waals surface area contributed by atoms with E-state index in [2.05, 4.69) is 5.32 Å². The zero-order valence-electron chi connectivity index (χ0n) is 9.62. The van der Waals surface area contributed by atoms with Crippen LogP contribution in [0.1, 0.15) is 15.9 Å². The van der Waals surface area contributed by atoms with E-state index in [1.165, 1.54) is 5.56 Å². The second-order valence-corrected chi connectivity index (χ2v) is 3.72. The van der Waals surface area contributed by atoms with Crippen LogP contribution in [-0.4, -0.2) is 29.7 Å². The van der Waals surface area contributed by atoms with Crippen molar-refractivity contribution in [2.24, 2.45) is 5.73 Å². The number of carboxylic acid groups (broad SMARTS) is 1. The average molecular weight is 276 g/mol. The minimum absolute atomic E-state index is 0.357. The summed E-state index contributed by atoms with van der Waals surface area (Å²) in [4.78, 5) is 19.7. The lowest BCUT2D eigenvalue weighted by atomic mass is 10.1. The molecule has 2 rings (SSSR count). The third-order valence-electron chi connectivity index (χ3n) is 2.34. The summed E-state index contributed by atoms with van der Waals surface area (Å²) in [7, 11) is 0. The normalized spacial score (nSPS) is 12.8. The minimum Gasteiger partial charge on any atom is -0.475 e. The molecular formula is C11H11F3N2O3. The molecular weight excluding hydrogens is 265 g/mol. The Labute approximate surface area is 106 Å². The lowest BCUT2D eigenvalue weighted by molar-refractivity contribution is -0.192. The van der Waals surface area contributed by atoms with Gasteiger partial charge in [-0.15, -0.1) is 0 Å². The van der Waals surface area contributed by atoms with E-state index >= 15 is 0 Å². The number of carboxylic acids is 1. The van der Waals surface area contributed by atoms with Gasteiger partial charge in [0.05, 0.1) is 0 Å². The zero-order valence-corrected chi connectivity index (χ0v) is 9.62. The number of aliphatic carboxylic acids is 1. The number of carbonyl (C=O) groups excluding carboxylic acids is 1. The summed E-state index contributed by atoms with van der Waals surface area (Å²) in [5.74, 6) is -3.11. The van der Waals surface area contributed by atoms with E-state index in [1.54, 1.807) is 6.07 Å². The number of halogens is 3. The first-order valence-corrected chi connectivity index (χ1v) is 5.18. The Balaban J connectivity index is 0.000000224. The van der Waals surface area contributed by atoms with Gasteiger partial charge < -0.3 is 16.2 Å². The maximum atomic E-state index is 10.8. The number of amides is 1. The van der Waals surface area contributed by atoms with Crippen molar-refractivity contribution in [1.82, 2.24) is 0 Å². The monoisotopic (exact) mass is 276 g/mol. The van der Waals surface area contributed by atoms with Crippen LogP contribution in [0.5, 0.6) is 0 Å². The number of carbonyl (C=O) groups is 2. The van der Waals surface area contributed by atoms with Crippen LogP contribution in [0.3, 0.4) is 0 Å². The number of alkyl halides is 3. The van der Waals surface area contributed by atoms with Crippen molar-refractivity contribution in [2.75, 3.05) is 11.9 Å². The predicted octanol–water partition coefficient (Wildman–Crippen LogP) is 1.39. The number of hydrogen-bond acceptors (Lipinski definition) is 3. The molecule has 0 bridgehead atoms. The highest BCUT2D eigenvalue weighted by Gasteiger charge is 2.38. The highest BCUT2D eigenvalue weighted by atomic mass is 19.4. The molecule has 104 valence electrons. The van der Waals surface area contributed by atoms with Gasteiger partial charge in [-0.05, 0) is 30.2 Å². The van der Waals surface area contributed by atoms with Gasteiger partial charge in [-0.25, -0.2) is 4.79 Å². The Morgan fingerprint density at radius 2 is 1.89 bits per heavy atom. The van der Waals surface area contributed by atoms with Crippen molar-refractivity contribution >= 4 is 17.6 Å². The van der Waals surface area contributed by atoms with E-state index in [9.17, 15) is 18.0 Å². The Hall–Kier alpha value is -2.25. The third kappa shape index (κ3) is 4.16. The maximum Gasteiger partial charge on any atom is 0.490 e. The van der Waals surface area contributed by atoms with Gasteiger partial charge in [0.2, 0.25) is 5.91 Å². The van der Waals surface area contributed by atoms with E-state index in [0.717, 1.165) is 18.7 Å². The molecule has 0 unspecified atom stereocenters. The Kier molecular flexibility index (Phi) is 4.36. The fourth-order valence-electron chi connectivity index (χ4n) is 1.46. The third-order valence-corrected chi connectivity index (χ3v) is 2.34. The summed E-state index contributed by atoms with van der Waals surface area (Å²) < 4.78 is 31.7. The highest BCUT2D eigenvalue weighted by Crippen LogP contribution is 2.22. The Bertz CT molecular complexity index is 500. The van der Waals surface area contributed by atoms with Gasteiger partial charge in [-0.3, -0.25) is 4.79 Å². The summed E-state index contributed by atoms with van der Waals surface area (Å²) in [6, 6.07) is 5.51. The van der Waals surface area contributed by atoms with Crippen LogP contribution in [0.2, 0.25) is 0 Å². The molecule has 0 saturated carbocycles. The first kappa shape index (κ1) is 14.8. The molecule has 8 heteroatoms. The fourth-order valence-corrected chi connectivity index (χ4v) is 1.46. The SMILES string of the molecule is NC(=O)c1ccc2c(c1)CCN2.O=C(O)C(F)(F)F. The first-order valence-electron chi connectivity index (χ1n) is 5.18. The molecule has 0 fully saturated rings. The van der Waals surface area contributed by atoms with Crippen molar-refractivity contribution in [2.45, 2.75) is 12.6 Å². The largest absolute Gasteiger partial charge is 0.490 e. The van der Waals surface area contributed by atoms with Crippen LogP contribution >= 0.6 is 0 Å². The van der Waals surface area contributed by atoms with Crippen molar-refractivity contribution in [3.05, 3.63) is 29.3 Å². The topological polar surface area (TPSA) is 92.4 Å². The van der Waals surface area contributed by atoms with Crippen molar-refractivity contribution in [3.63, 3.8) is 0 Å². The number of nitrogens with one attached hydrogen (secondary N) is 1. The number of fused-ring (bicyclic) bond motifs is 1. The number of primary amides is 1. The molecule has 1 aliphatic heterocycles. The summed E-state index contributed by atoms with van der Waals surface area (Å²) >= 11 is 0. The number of anilines is 1. The Morgan fingerprint density at radius 1 is 1.32 bits per heavy atom. The molecule has 0 radical (unpaired) electrons. The van der Waals surface area contributed by atoms with E-state index in [4.69, 9.17) is 15.6 Å². The average Bonchev–Trinajstić information content (AvgIpc) is 2.74. The standard InChI is InChI=1S/C9H10N2O.C2HF3O2/c10-9(12)7-1-2-8-6(5-7)3-4-11-8;3-2(4,5)1(6)7/h1-2,5,11H,3-4H2,(H2,10,12);(H,6,7). The van der Waals surface area contributed by atoms with Gasteiger partial charge in [0.1, 0.15) is 0 Å². The first-order chi connectivity index (χ1) is 8.71. The lowest BCUT2D eigenvalue weighted by Crippen LogP contribution is -2.21. The van der Waals surface area contributed by atoms with Crippen LogP contribution in [0.25, 0.3) is 0 Å². The summed E-state index contributed by atoms with van der Waals surface area (Å²) in [5, 5.41) is 10.3. The summed E-state index contributed by atoms with van der Waals surface area (Å²) in [5.41, 5.74) is 8.05. The van der Waals surface area contributed by atoms with Gasteiger partial charge in [-0.1, -0.05) is 0 Å². The van der Waals surface area contributed by atoms with Crippen molar-refractivity contribution in [3.8, 4) is 0 Å². The Morgan fingerprint density at radius 3 is 2.37 bits per heavy atom. The lowest BCUT2D eigenvalue weighted by Gasteiger charge is -2.00. The number of rotatable bonds is 1. The second-order valence-electron chi connectivity index (χ2n) is 3.72. The molecule has 0 aliphatic carbocycles. The van der Waals surface area contributed by atoms with E-state index < -0.39 is 12.1 Å². The molecule has 1 heterocycles. The number of hydrogen-bond donors (Lipinski definition) is 3. The van der Waals surface area contributed by atoms with Crippen LogP contribution in [-0.2, 0) is 11.2 Å². The molecule has 1 amide bonds. The van der Waals surface area contributed by atoms with Gasteiger partial charge >= 0.3 is 12.1 Å². The summed E-state index contributed by atoms with van der Waals surface area (Å²) in [6.07, 6.45) is -4.10. The van der Waals surface area contributed by atoms with Gasteiger partial charge in [0, 0.05) is 17.8 Å². The highest BCUT2D eigenvalue weighted by molar-refractivity contribution is 5.93. The quantitative estimate of drug-likeness (QED) is 0.722. The maximum absolute atomic E-state index is 10.8. The molecule has 0 spiro atoms. The molecule has 0 aromatic heterocycles. The molecule has 5 nitrogen and oxygen atoms in total. The van der Waals surface area contributed by atoms with Crippen LogP contribution < -0.4 is 11.1 Å². The molecule has 4 N–H and O–H groups in total. The molecule has 1 aliphatic rings.